The van der Waals surface area contributed by atoms with E-state index in [0.717, 1.165) is 30.4 Å². The van der Waals surface area contributed by atoms with Crippen LogP contribution in [0.2, 0.25) is 0 Å². The number of piperidine rings is 1. The van der Waals surface area contributed by atoms with Gasteiger partial charge in [0.15, 0.2) is 0 Å². The first-order chi connectivity index (χ1) is 12.8. The second-order valence-electron chi connectivity index (χ2n) is 6.94. The third kappa shape index (κ3) is 5.29. The molecule has 8 heteroatoms. The quantitative estimate of drug-likeness (QED) is 0.714. The summed E-state index contributed by atoms with van der Waals surface area (Å²) in [6.45, 7) is 6.55. The number of rotatable bonds is 6. The molecule has 1 aliphatic heterocycles. The van der Waals surface area contributed by atoms with E-state index in [1.54, 1.807) is 24.2 Å². The molecule has 0 aliphatic carbocycles. The third-order valence-electron chi connectivity index (χ3n) is 4.81. The molecule has 0 bridgehead atoms. The van der Waals surface area contributed by atoms with Crippen LogP contribution in [0, 0.1) is 13.8 Å². The first-order valence-corrected chi connectivity index (χ1v) is 10.9. The Morgan fingerprint density at radius 3 is 2.56 bits per heavy atom. The molecule has 0 saturated carbocycles. The zero-order valence-electron chi connectivity index (χ0n) is 16.2. The van der Waals surface area contributed by atoms with Crippen molar-refractivity contribution < 1.29 is 18.0 Å². The number of nitrogens with zero attached hydrogens (tertiary/aromatic N) is 1. The van der Waals surface area contributed by atoms with Gasteiger partial charge in [0.2, 0.25) is 10.0 Å². The van der Waals surface area contributed by atoms with E-state index in [9.17, 15) is 18.0 Å². The Bertz CT molecular complexity index is 792. The van der Waals surface area contributed by atoms with Crippen LogP contribution in [0.3, 0.4) is 0 Å². The van der Waals surface area contributed by atoms with Gasteiger partial charge in [-0.1, -0.05) is 18.6 Å². The summed E-state index contributed by atoms with van der Waals surface area (Å²) in [5, 5.41) is 5.02. The number of nitrogens with one attached hydrogen (secondary N) is 2. The molecule has 1 atom stereocenters. The van der Waals surface area contributed by atoms with Crippen LogP contribution in [0.4, 0.5) is 0 Å². The van der Waals surface area contributed by atoms with Gasteiger partial charge in [-0.2, -0.15) is 4.31 Å². The lowest BCUT2D eigenvalue weighted by Crippen LogP contribution is -2.46. The van der Waals surface area contributed by atoms with Crippen LogP contribution < -0.4 is 10.6 Å². The van der Waals surface area contributed by atoms with Crippen molar-refractivity contribution >= 4 is 21.8 Å². The second kappa shape index (κ2) is 9.32. The maximum absolute atomic E-state index is 13.2. The summed E-state index contributed by atoms with van der Waals surface area (Å²) in [6, 6.07) is 5.26. The molecule has 1 aromatic carbocycles. The number of aryl methyl sites for hydroxylation is 2. The van der Waals surface area contributed by atoms with E-state index in [4.69, 9.17) is 0 Å². The molecule has 27 heavy (non-hydrogen) atoms. The van der Waals surface area contributed by atoms with Gasteiger partial charge in [-0.25, -0.2) is 8.42 Å². The molecular formula is C19H29N3O4S. The fourth-order valence-corrected chi connectivity index (χ4v) is 5.40. The van der Waals surface area contributed by atoms with E-state index < -0.39 is 21.8 Å². The molecule has 1 aromatic rings. The Morgan fingerprint density at radius 1 is 1.15 bits per heavy atom. The first kappa shape index (κ1) is 21.4. The van der Waals surface area contributed by atoms with Gasteiger partial charge in [0.05, 0.1) is 4.90 Å². The normalized spacial score (nSPS) is 18.1. The van der Waals surface area contributed by atoms with Gasteiger partial charge in [-0.05, 0) is 57.2 Å². The Hall–Kier alpha value is -1.93. The number of sulfonamides is 1. The van der Waals surface area contributed by atoms with Crippen LogP contribution in [0.1, 0.15) is 43.7 Å². The van der Waals surface area contributed by atoms with E-state index >= 15 is 0 Å². The smallest absolute Gasteiger partial charge is 0.309 e. The highest BCUT2D eigenvalue weighted by Crippen LogP contribution is 2.29. The summed E-state index contributed by atoms with van der Waals surface area (Å²) in [5.74, 6) is -1.35. The molecule has 2 amide bonds. The van der Waals surface area contributed by atoms with Gasteiger partial charge in [0, 0.05) is 25.7 Å². The first-order valence-electron chi connectivity index (χ1n) is 9.42. The molecule has 0 aromatic heterocycles. The summed E-state index contributed by atoms with van der Waals surface area (Å²) in [7, 11) is -3.60. The molecule has 0 spiro atoms. The van der Waals surface area contributed by atoms with Crippen molar-refractivity contribution in [1.82, 2.24) is 14.9 Å². The van der Waals surface area contributed by atoms with E-state index in [1.165, 1.54) is 0 Å². The topological polar surface area (TPSA) is 95.6 Å². The van der Waals surface area contributed by atoms with E-state index in [1.807, 2.05) is 19.1 Å². The lowest BCUT2D eigenvalue weighted by atomic mass is 10.0. The molecule has 0 radical (unpaired) electrons. The van der Waals surface area contributed by atoms with Crippen LogP contribution in [0.25, 0.3) is 0 Å². The third-order valence-corrected chi connectivity index (χ3v) is 6.90. The minimum atomic E-state index is -3.60. The number of carbonyl (C=O) groups is 2. The molecule has 7 nitrogen and oxygen atoms in total. The second-order valence-corrected chi connectivity index (χ2v) is 8.80. The molecule has 2 rings (SSSR count). The Balaban J connectivity index is 2.09. The van der Waals surface area contributed by atoms with Crippen LogP contribution in [-0.4, -0.2) is 50.2 Å². The predicted octanol–water partition coefficient (Wildman–Crippen LogP) is 1.49. The van der Waals surface area contributed by atoms with Crippen molar-refractivity contribution in [2.75, 3.05) is 19.6 Å². The number of hydrogen-bond donors (Lipinski definition) is 2. The van der Waals surface area contributed by atoms with Crippen molar-refractivity contribution in [2.45, 2.75) is 57.4 Å². The number of hydrogen-bond acceptors (Lipinski definition) is 4. The highest BCUT2D eigenvalue weighted by molar-refractivity contribution is 7.89. The molecule has 1 fully saturated rings. The van der Waals surface area contributed by atoms with Crippen molar-refractivity contribution in [3.63, 3.8) is 0 Å². The molecular weight excluding hydrogens is 366 g/mol. The minimum absolute atomic E-state index is 0.182. The van der Waals surface area contributed by atoms with Crippen molar-refractivity contribution in [3.8, 4) is 0 Å². The van der Waals surface area contributed by atoms with Crippen molar-refractivity contribution in [1.29, 1.82) is 0 Å². The summed E-state index contributed by atoms with van der Waals surface area (Å²) >= 11 is 0. The Labute approximate surface area is 161 Å². The monoisotopic (exact) mass is 395 g/mol. The Kier molecular flexibility index (Phi) is 7.38. The average molecular weight is 396 g/mol. The standard InChI is InChI=1S/C19H29N3O4S/c1-4-20-18(23)19(24)21-11-10-16-7-5-6-12-22(16)27(25,26)17-13-14(2)8-9-15(17)3/h8-9,13,16H,4-7,10-12H2,1-3H3,(H,20,23)(H,21,24)/t16-/m0/s1. The SMILES string of the molecule is CCNC(=O)C(=O)NCC[C@@H]1CCCCN1S(=O)(=O)c1cc(C)ccc1C. The fraction of sp³-hybridized carbons (Fsp3) is 0.579. The predicted molar refractivity (Wildman–Crippen MR) is 104 cm³/mol. The lowest BCUT2D eigenvalue weighted by Gasteiger charge is -2.35. The van der Waals surface area contributed by atoms with Crippen LogP contribution in [0.15, 0.2) is 23.1 Å². The number of carbonyl (C=O) groups excluding carboxylic acids is 2. The molecule has 1 heterocycles. The minimum Gasteiger partial charge on any atom is -0.348 e. The molecule has 1 aliphatic rings. The summed E-state index contributed by atoms with van der Waals surface area (Å²) < 4.78 is 28.0. The maximum Gasteiger partial charge on any atom is 0.309 e. The van der Waals surface area contributed by atoms with Crippen LogP contribution >= 0.6 is 0 Å². The number of likely N-dealkylation sites (N-methyl/N-ethyl adjacent to an activating group) is 1. The highest BCUT2D eigenvalue weighted by Gasteiger charge is 2.34. The molecule has 150 valence electrons. The van der Waals surface area contributed by atoms with Crippen molar-refractivity contribution in [2.24, 2.45) is 0 Å². The lowest BCUT2D eigenvalue weighted by molar-refractivity contribution is -0.139. The average Bonchev–Trinajstić information content (AvgIpc) is 2.64. The van der Waals surface area contributed by atoms with E-state index in [2.05, 4.69) is 10.6 Å². The van der Waals surface area contributed by atoms with E-state index in [0.29, 0.717) is 24.4 Å². The van der Waals surface area contributed by atoms with E-state index in [-0.39, 0.29) is 12.6 Å². The van der Waals surface area contributed by atoms with Gasteiger partial charge in [-0.15, -0.1) is 0 Å². The summed E-state index contributed by atoms with van der Waals surface area (Å²) in [4.78, 5) is 23.5. The summed E-state index contributed by atoms with van der Waals surface area (Å²) in [6.07, 6.45) is 3.01. The van der Waals surface area contributed by atoms with Crippen LogP contribution in [0.5, 0.6) is 0 Å². The highest BCUT2D eigenvalue weighted by atomic mass is 32.2. The molecule has 0 unspecified atom stereocenters. The van der Waals surface area contributed by atoms with Crippen molar-refractivity contribution in [3.05, 3.63) is 29.3 Å². The fourth-order valence-electron chi connectivity index (χ4n) is 3.36. The zero-order chi connectivity index (χ0) is 20.0. The Morgan fingerprint density at radius 2 is 1.85 bits per heavy atom. The largest absolute Gasteiger partial charge is 0.348 e. The van der Waals surface area contributed by atoms with Gasteiger partial charge < -0.3 is 10.6 Å². The number of benzene rings is 1. The zero-order valence-corrected chi connectivity index (χ0v) is 17.1. The molecule has 2 N–H and O–H groups in total. The maximum atomic E-state index is 13.2. The molecule has 1 saturated heterocycles. The van der Waals surface area contributed by atoms with Gasteiger partial charge in [0.25, 0.3) is 0 Å². The van der Waals surface area contributed by atoms with Gasteiger partial charge in [0.1, 0.15) is 0 Å². The van der Waals surface area contributed by atoms with Crippen LogP contribution in [-0.2, 0) is 19.6 Å². The van der Waals surface area contributed by atoms with Gasteiger partial charge in [-0.3, -0.25) is 9.59 Å². The van der Waals surface area contributed by atoms with Gasteiger partial charge >= 0.3 is 11.8 Å². The summed E-state index contributed by atoms with van der Waals surface area (Å²) in [5.41, 5.74) is 1.64. The number of amides is 2.